The van der Waals surface area contributed by atoms with E-state index in [0.29, 0.717) is 6.04 Å². The van der Waals surface area contributed by atoms with Crippen LogP contribution in [0, 0.1) is 5.82 Å². The first kappa shape index (κ1) is 12.0. The summed E-state index contributed by atoms with van der Waals surface area (Å²) in [7, 11) is 1.98. The Labute approximate surface area is 91.1 Å². The van der Waals surface area contributed by atoms with Gasteiger partial charge in [-0.2, -0.15) is 0 Å². The maximum atomic E-state index is 13.0. The second kappa shape index (κ2) is 5.71. The molecule has 2 nitrogen and oxygen atoms in total. The van der Waals surface area contributed by atoms with Crippen LogP contribution in [-0.4, -0.2) is 26.2 Å². The van der Waals surface area contributed by atoms with Gasteiger partial charge in [-0.15, -0.1) is 0 Å². The minimum atomic E-state index is -0.185. The highest BCUT2D eigenvalue weighted by molar-refractivity contribution is 5.46. The van der Waals surface area contributed by atoms with Gasteiger partial charge in [0.2, 0.25) is 0 Å². The number of nitrogens with one attached hydrogen (secondary N) is 1. The fourth-order valence-electron chi connectivity index (χ4n) is 1.44. The second-order valence-corrected chi connectivity index (χ2v) is 3.75. The summed E-state index contributed by atoms with van der Waals surface area (Å²) in [4.78, 5) is 2.08. The number of rotatable bonds is 5. The summed E-state index contributed by atoms with van der Waals surface area (Å²) in [6.07, 6.45) is 0. The number of hydrogen-bond acceptors (Lipinski definition) is 2. The molecule has 3 heteroatoms. The minimum absolute atomic E-state index is 0.185. The summed E-state index contributed by atoms with van der Waals surface area (Å²) in [6, 6.07) is 7.04. The molecular weight excluding hydrogens is 191 g/mol. The van der Waals surface area contributed by atoms with Crippen LogP contribution < -0.4 is 10.2 Å². The Morgan fingerprint density at radius 3 is 2.80 bits per heavy atom. The molecule has 0 fully saturated rings. The van der Waals surface area contributed by atoms with Gasteiger partial charge >= 0.3 is 0 Å². The number of hydrogen-bond donors (Lipinski definition) is 1. The van der Waals surface area contributed by atoms with E-state index in [1.54, 1.807) is 12.1 Å². The largest absolute Gasteiger partial charge is 0.371 e. The van der Waals surface area contributed by atoms with Gasteiger partial charge in [0, 0.05) is 25.3 Å². The molecule has 0 aliphatic carbocycles. The molecule has 0 aromatic heterocycles. The maximum absolute atomic E-state index is 13.0. The normalized spacial score (nSPS) is 12.5. The highest BCUT2D eigenvalue weighted by atomic mass is 19.1. The summed E-state index contributed by atoms with van der Waals surface area (Å²) in [5.74, 6) is -0.185. The third kappa shape index (κ3) is 3.51. The fraction of sp³-hybridized carbons (Fsp3) is 0.500. The molecule has 84 valence electrons. The van der Waals surface area contributed by atoms with Gasteiger partial charge in [-0.05, 0) is 31.7 Å². The van der Waals surface area contributed by atoms with E-state index in [-0.39, 0.29) is 5.82 Å². The molecule has 1 aromatic carbocycles. The van der Waals surface area contributed by atoms with Crippen LogP contribution in [0.2, 0.25) is 0 Å². The van der Waals surface area contributed by atoms with Gasteiger partial charge in [0.1, 0.15) is 5.82 Å². The van der Waals surface area contributed by atoms with Crippen molar-refractivity contribution in [2.24, 2.45) is 0 Å². The molecule has 0 saturated heterocycles. The monoisotopic (exact) mass is 210 g/mol. The SMILES string of the molecule is CCNCC(C)N(C)c1cccc(F)c1. The standard InChI is InChI=1S/C12H19FN2/c1-4-14-9-10(2)15(3)12-7-5-6-11(13)8-12/h5-8,10,14H,4,9H2,1-3H3. The fourth-order valence-corrected chi connectivity index (χ4v) is 1.44. The molecule has 0 aliphatic rings. The average molecular weight is 210 g/mol. The summed E-state index contributed by atoms with van der Waals surface area (Å²) >= 11 is 0. The lowest BCUT2D eigenvalue weighted by Gasteiger charge is -2.27. The van der Waals surface area contributed by atoms with Crippen molar-refractivity contribution in [3.8, 4) is 0 Å². The molecule has 1 rings (SSSR count). The van der Waals surface area contributed by atoms with Crippen molar-refractivity contribution in [1.82, 2.24) is 5.32 Å². The molecule has 0 radical (unpaired) electrons. The minimum Gasteiger partial charge on any atom is -0.371 e. The molecule has 1 N–H and O–H groups in total. The van der Waals surface area contributed by atoms with Crippen LogP contribution in [0.4, 0.5) is 10.1 Å². The van der Waals surface area contributed by atoms with Crippen molar-refractivity contribution in [2.45, 2.75) is 19.9 Å². The van der Waals surface area contributed by atoms with Gasteiger partial charge in [-0.3, -0.25) is 0 Å². The zero-order valence-electron chi connectivity index (χ0n) is 9.63. The van der Waals surface area contributed by atoms with Gasteiger partial charge in [0.25, 0.3) is 0 Å². The van der Waals surface area contributed by atoms with E-state index in [1.165, 1.54) is 6.07 Å². The summed E-state index contributed by atoms with van der Waals surface area (Å²) < 4.78 is 13.0. The van der Waals surface area contributed by atoms with Crippen LogP contribution in [0.5, 0.6) is 0 Å². The number of nitrogens with zero attached hydrogens (tertiary/aromatic N) is 1. The lowest BCUT2D eigenvalue weighted by Crippen LogP contribution is -2.37. The Morgan fingerprint density at radius 2 is 2.20 bits per heavy atom. The molecule has 0 heterocycles. The Morgan fingerprint density at radius 1 is 1.47 bits per heavy atom. The topological polar surface area (TPSA) is 15.3 Å². The van der Waals surface area contributed by atoms with Crippen molar-refractivity contribution >= 4 is 5.69 Å². The lowest BCUT2D eigenvalue weighted by atomic mass is 10.2. The van der Waals surface area contributed by atoms with Gasteiger partial charge in [0.05, 0.1) is 0 Å². The number of likely N-dealkylation sites (N-methyl/N-ethyl adjacent to an activating group) is 2. The first-order chi connectivity index (χ1) is 7.15. The third-order valence-corrected chi connectivity index (χ3v) is 2.57. The lowest BCUT2D eigenvalue weighted by molar-refractivity contribution is 0.595. The smallest absolute Gasteiger partial charge is 0.125 e. The van der Waals surface area contributed by atoms with Crippen molar-refractivity contribution in [2.75, 3.05) is 25.0 Å². The average Bonchev–Trinajstić information content (AvgIpc) is 2.24. The van der Waals surface area contributed by atoms with E-state index < -0.39 is 0 Å². The van der Waals surface area contributed by atoms with Crippen LogP contribution >= 0.6 is 0 Å². The molecule has 0 bridgehead atoms. The number of benzene rings is 1. The quantitative estimate of drug-likeness (QED) is 0.802. The van der Waals surface area contributed by atoms with Gasteiger partial charge < -0.3 is 10.2 Å². The van der Waals surface area contributed by atoms with E-state index in [2.05, 4.69) is 24.1 Å². The molecule has 0 aliphatic heterocycles. The third-order valence-electron chi connectivity index (χ3n) is 2.57. The Hall–Kier alpha value is -1.09. The van der Waals surface area contributed by atoms with Gasteiger partial charge in [-0.1, -0.05) is 13.0 Å². The summed E-state index contributed by atoms with van der Waals surface area (Å²) in [5, 5.41) is 3.28. The van der Waals surface area contributed by atoms with Crippen LogP contribution in [0.25, 0.3) is 0 Å². The van der Waals surface area contributed by atoms with E-state index in [4.69, 9.17) is 0 Å². The highest BCUT2D eigenvalue weighted by Gasteiger charge is 2.09. The summed E-state index contributed by atoms with van der Waals surface area (Å²) in [5.41, 5.74) is 0.917. The highest BCUT2D eigenvalue weighted by Crippen LogP contribution is 2.15. The zero-order chi connectivity index (χ0) is 11.3. The Balaban J connectivity index is 2.62. The molecular formula is C12H19FN2. The molecule has 0 saturated carbocycles. The summed E-state index contributed by atoms with van der Waals surface area (Å²) in [6.45, 7) is 6.06. The van der Waals surface area contributed by atoms with Gasteiger partial charge in [0.15, 0.2) is 0 Å². The van der Waals surface area contributed by atoms with Crippen LogP contribution in [0.1, 0.15) is 13.8 Å². The van der Waals surface area contributed by atoms with Crippen molar-refractivity contribution in [1.29, 1.82) is 0 Å². The first-order valence-corrected chi connectivity index (χ1v) is 5.34. The Kier molecular flexibility index (Phi) is 4.56. The van der Waals surface area contributed by atoms with Crippen LogP contribution in [0.15, 0.2) is 24.3 Å². The Bertz CT molecular complexity index is 301. The maximum Gasteiger partial charge on any atom is 0.125 e. The van der Waals surface area contributed by atoms with Crippen molar-refractivity contribution in [3.63, 3.8) is 0 Å². The van der Waals surface area contributed by atoms with Crippen LogP contribution in [0.3, 0.4) is 0 Å². The van der Waals surface area contributed by atoms with Crippen molar-refractivity contribution in [3.05, 3.63) is 30.1 Å². The molecule has 1 atom stereocenters. The van der Waals surface area contributed by atoms with E-state index >= 15 is 0 Å². The number of halogens is 1. The number of anilines is 1. The molecule has 1 unspecified atom stereocenters. The molecule has 0 spiro atoms. The zero-order valence-corrected chi connectivity index (χ0v) is 9.63. The van der Waals surface area contributed by atoms with E-state index in [0.717, 1.165) is 18.8 Å². The molecule has 0 amide bonds. The van der Waals surface area contributed by atoms with E-state index in [1.807, 2.05) is 13.1 Å². The predicted molar refractivity (Wildman–Crippen MR) is 62.8 cm³/mol. The van der Waals surface area contributed by atoms with E-state index in [9.17, 15) is 4.39 Å². The van der Waals surface area contributed by atoms with Gasteiger partial charge in [-0.25, -0.2) is 4.39 Å². The second-order valence-electron chi connectivity index (χ2n) is 3.75. The first-order valence-electron chi connectivity index (χ1n) is 5.34. The predicted octanol–water partition coefficient (Wildman–Crippen LogP) is 2.26. The molecule has 1 aromatic rings. The van der Waals surface area contributed by atoms with Crippen molar-refractivity contribution < 1.29 is 4.39 Å². The van der Waals surface area contributed by atoms with Crippen LogP contribution in [-0.2, 0) is 0 Å². The molecule has 15 heavy (non-hydrogen) atoms.